The van der Waals surface area contributed by atoms with Crippen LogP contribution in [0.25, 0.3) is 0 Å². The molecule has 0 unspecified atom stereocenters. The Hall–Kier alpha value is -1.16. The molecule has 18 heavy (non-hydrogen) atoms. The summed E-state index contributed by atoms with van der Waals surface area (Å²) in [6, 6.07) is 2.20. The van der Waals surface area contributed by atoms with Crippen molar-refractivity contribution in [3.05, 3.63) is 11.8 Å². The van der Waals surface area contributed by atoms with Gasteiger partial charge in [0.2, 0.25) is 0 Å². The van der Waals surface area contributed by atoms with Crippen LogP contribution in [0, 0.1) is 11.3 Å². The fraction of sp³-hybridized carbons (Fsp3) is 0.667. The molecule has 2 heterocycles. The molecule has 0 aliphatic carbocycles. The van der Waals surface area contributed by atoms with Gasteiger partial charge >= 0.3 is 0 Å². The van der Waals surface area contributed by atoms with Gasteiger partial charge in [-0.05, 0) is 0 Å². The molecule has 5 nitrogen and oxygen atoms in total. The van der Waals surface area contributed by atoms with E-state index in [0.717, 1.165) is 26.2 Å². The highest BCUT2D eigenvalue weighted by Gasteiger charge is 2.18. The van der Waals surface area contributed by atoms with Crippen LogP contribution in [0.2, 0.25) is 0 Å². The highest BCUT2D eigenvalue weighted by atomic mass is 32.1. The summed E-state index contributed by atoms with van der Waals surface area (Å²) in [5.74, 6) is 0. The minimum Gasteiger partial charge on any atom is -0.378 e. The lowest BCUT2D eigenvalue weighted by molar-refractivity contribution is 0.0590. The van der Waals surface area contributed by atoms with Gasteiger partial charge < -0.3 is 19.3 Å². The SMILES string of the molecule is N#C/C(=C\N1CCOCC1)C(=S)N1CCOCC1. The number of thiocarbonyl (C=S) groups is 1. The molecule has 0 N–H and O–H groups in total. The maximum absolute atomic E-state index is 9.24. The molecule has 2 fully saturated rings. The van der Waals surface area contributed by atoms with E-state index in [2.05, 4.69) is 11.0 Å². The fourth-order valence-electron chi connectivity index (χ4n) is 1.96. The molecule has 0 aromatic rings. The molecule has 0 spiro atoms. The second-order valence-corrected chi connectivity index (χ2v) is 4.59. The number of rotatable bonds is 2. The van der Waals surface area contributed by atoms with Crippen LogP contribution in [0.5, 0.6) is 0 Å². The van der Waals surface area contributed by atoms with Crippen molar-refractivity contribution in [2.75, 3.05) is 52.6 Å². The number of nitriles is 1. The van der Waals surface area contributed by atoms with Crippen LogP contribution in [-0.4, -0.2) is 67.4 Å². The molecule has 0 radical (unpaired) electrons. The first-order valence-electron chi connectivity index (χ1n) is 6.12. The molecule has 2 rings (SSSR count). The normalized spacial score (nSPS) is 21.6. The smallest absolute Gasteiger partial charge is 0.121 e. The predicted molar refractivity (Wildman–Crippen MR) is 71.1 cm³/mol. The summed E-state index contributed by atoms with van der Waals surface area (Å²) in [7, 11) is 0. The van der Waals surface area contributed by atoms with Crippen molar-refractivity contribution in [3.8, 4) is 6.07 Å². The lowest BCUT2D eigenvalue weighted by Crippen LogP contribution is -2.41. The Kier molecular flexibility index (Phi) is 4.93. The van der Waals surface area contributed by atoms with Crippen LogP contribution < -0.4 is 0 Å². The molecule has 0 amide bonds. The predicted octanol–water partition coefficient (Wildman–Crippen LogP) is 0.386. The topological polar surface area (TPSA) is 48.7 Å². The largest absolute Gasteiger partial charge is 0.378 e. The minimum absolute atomic E-state index is 0.564. The van der Waals surface area contributed by atoms with Gasteiger partial charge in [0.05, 0.1) is 26.4 Å². The van der Waals surface area contributed by atoms with E-state index >= 15 is 0 Å². The molecular weight excluding hydrogens is 250 g/mol. The lowest BCUT2D eigenvalue weighted by Gasteiger charge is -2.30. The molecule has 98 valence electrons. The van der Waals surface area contributed by atoms with Gasteiger partial charge in [-0.1, -0.05) is 12.2 Å². The van der Waals surface area contributed by atoms with Crippen molar-refractivity contribution >= 4 is 17.2 Å². The number of nitrogens with zero attached hydrogens (tertiary/aromatic N) is 3. The third-order valence-electron chi connectivity index (χ3n) is 3.01. The van der Waals surface area contributed by atoms with Crippen molar-refractivity contribution in [2.24, 2.45) is 0 Å². The Morgan fingerprint density at radius 3 is 2.17 bits per heavy atom. The van der Waals surface area contributed by atoms with Crippen molar-refractivity contribution in [1.82, 2.24) is 9.80 Å². The zero-order chi connectivity index (χ0) is 12.8. The molecule has 2 aliphatic heterocycles. The number of hydrogen-bond acceptors (Lipinski definition) is 5. The second kappa shape index (κ2) is 6.69. The molecule has 2 aliphatic rings. The van der Waals surface area contributed by atoms with Crippen LogP contribution in [0.4, 0.5) is 0 Å². The maximum atomic E-state index is 9.24. The zero-order valence-electron chi connectivity index (χ0n) is 10.3. The van der Waals surface area contributed by atoms with Crippen LogP contribution in [-0.2, 0) is 9.47 Å². The standard InChI is InChI=1S/C12H17N3O2S/c13-9-11(10-14-1-5-16-6-2-14)12(18)15-3-7-17-8-4-15/h10H,1-8H2/b11-10+. The van der Waals surface area contributed by atoms with E-state index in [9.17, 15) is 5.26 Å². The summed E-state index contributed by atoms with van der Waals surface area (Å²) in [4.78, 5) is 4.76. The quantitative estimate of drug-likeness (QED) is 0.410. The van der Waals surface area contributed by atoms with Gasteiger partial charge in [-0.3, -0.25) is 0 Å². The average Bonchev–Trinajstić information content (AvgIpc) is 2.46. The molecular formula is C12H17N3O2S. The first-order chi connectivity index (χ1) is 8.81. The van der Waals surface area contributed by atoms with Gasteiger partial charge in [-0.25, -0.2) is 0 Å². The second-order valence-electron chi connectivity index (χ2n) is 4.21. The average molecular weight is 267 g/mol. The monoisotopic (exact) mass is 267 g/mol. The highest BCUT2D eigenvalue weighted by molar-refractivity contribution is 7.80. The first kappa shape index (κ1) is 13.3. The van der Waals surface area contributed by atoms with E-state index in [-0.39, 0.29) is 0 Å². The van der Waals surface area contributed by atoms with Gasteiger partial charge in [-0.15, -0.1) is 0 Å². The third kappa shape index (κ3) is 3.42. The number of morpholine rings is 2. The van der Waals surface area contributed by atoms with E-state index in [1.54, 1.807) is 0 Å². The molecule has 0 saturated carbocycles. The Morgan fingerprint density at radius 2 is 1.61 bits per heavy atom. The van der Waals surface area contributed by atoms with E-state index in [1.807, 2.05) is 11.1 Å². The zero-order valence-corrected chi connectivity index (χ0v) is 11.1. The lowest BCUT2D eigenvalue weighted by atomic mass is 10.2. The summed E-state index contributed by atoms with van der Waals surface area (Å²) in [6.07, 6.45) is 1.86. The molecule has 2 saturated heterocycles. The van der Waals surface area contributed by atoms with Crippen molar-refractivity contribution < 1.29 is 9.47 Å². The molecule has 0 aromatic carbocycles. The molecule has 0 atom stereocenters. The fourth-order valence-corrected chi connectivity index (χ4v) is 2.24. The van der Waals surface area contributed by atoms with E-state index < -0.39 is 0 Å². The molecule has 0 bridgehead atoms. The van der Waals surface area contributed by atoms with Gasteiger partial charge in [0.15, 0.2) is 0 Å². The number of hydrogen-bond donors (Lipinski definition) is 0. The Morgan fingerprint density at radius 1 is 1.06 bits per heavy atom. The number of ether oxygens (including phenoxy) is 2. The summed E-state index contributed by atoms with van der Waals surface area (Å²) in [5, 5.41) is 9.24. The van der Waals surface area contributed by atoms with Crippen LogP contribution >= 0.6 is 12.2 Å². The summed E-state index contributed by atoms with van der Waals surface area (Å²) < 4.78 is 10.6. The van der Waals surface area contributed by atoms with E-state index in [0.29, 0.717) is 37.0 Å². The molecule has 6 heteroatoms. The Bertz CT molecular complexity index is 366. The van der Waals surface area contributed by atoms with Crippen LogP contribution in [0.1, 0.15) is 0 Å². The third-order valence-corrected chi connectivity index (χ3v) is 3.48. The van der Waals surface area contributed by atoms with Gasteiger partial charge in [-0.2, -0.15) is 5.26 Å². The van der Waals surface area contributed by atoms with Crippen LogP contribution in [0.3, 0.4) is 0 Å². The van der Waals surface area contributed by atoms with Gasteiger partial charge in [0, 0.05) is 32.4 Å². The van der Waals surface area contributed by atoms with Crippen molar-refractivity contribution in [1.29, 1.82) is 5.26 Å². The highest BCUT2D eigenvalue weighted by Crippen LogP contribution is 2.09. The van der Waals surface area contributed by atoms with Gasteiger partial charge in [0.1, 0.15) is 16.6 Å². The first-order valence-corrected chi connectivity index (χ1v) is 6.53. The summed E-state index contributed by atoms with van der Waals surface area (Å²) in [6.45, 7) is 5.93. The van der Waals surface area contributed by atoms with E-state index in [1.165, 1.54) is 0 Å². The summed E-state index contributed by atoms with van der Waals surface area (Å²) >= 11 is 5.38. The van der Waals surface area contributed by atoms with Crippen molar-refractivity contribution in [3.63, 3.8) is 0 Å². The summed E-state index contributed by atoms with van der Waals surface area (Å²) in [5.41, 5.74) is 0.564. The Labute approximate surface area is 113 Å². The maximum Gasteiger partial charge on any atom is 0.121 e. The van der Waals surface area contributed by atoms with E-state index in [4.69, 9.17) is 21.7 Å². The Balaban J connectivity index is 2.00. The van der Waals surface area contributed by atoms with Crippen molar-refractivity contribution in [2.45, 2.75) is 0 Å². The van der Waals surface area contributed by atoms with Gasteiger partial charge in [0.25, 0.3) is 0 Å². The minimum atomic E-state index is 0.564. The van der Waals surface area contributed by atoms with Crippen LogP contribution in [0.15, 0.2) is 11.8 Å². The molecule has 0 aromatic heterocycles.